The third kappa shape index (κ3) is 5.28. The van der Waals surface area contributed by atoms with Gasteiger partial charge in [0.2, 0.25) is 5.88 Å². The second-order valence-electron chi connectivity index (χ2n) is 7.54. The topological polar surface area (TPSA) is 30.3 Å². The van der Waals surface area contributed by atoms with Gasteiger partial charge in [-0.15, -0.1) is 9.24 Å². The fourth-order valence-electron chi connectivity index (χ4n) is 3.55. The Morgan fingerprint density at radius 1 is 1.23 bits per heavy atom. The fourth-order valence-corrected chi connectivity index (χ4v) is 3.79. The molecule has 1 saturated carbocycles. The van der Waals surface area contributed by atoms with Crippen molar-refractivity contribution in [3.8, 4) is 5.88 Å². The molecular weight excluding hydrogens is 348 g/mol. The highest BCUT2D eigenvalue weighted by molar-refractivity contribution is 7.27. The van der Waals surface area contributed by atoms with Gasteiger partial charge in [0.1, 0.15) is 12.4 Å². The van der Waals surface area contributed by atoms with Crippen LogP contribution in [0.2, 0.25) is 0 Å². The Labute approximate surface area is 157 Å². The summed E-state index contributed by atoms with van der Waals surface area (Å²) in [4.78, 5) is 2.09. The molecular formula is C20H29FN3OP. The summed E-state index contributed by atoms with van der Waals surface area (Å²) >= 11 is 0. The molecule has 1 aliphatic rings. The summed E-state index contributed by atoms with van der Waals surface area (Å²) in [6.45, 7) is 1.87. The smallest absolute Gasteiger partial charge is 0.212 e. The second-order valence-corrected chi connectivity index (χ2v) is 8.20. The van der Waals surface area contributed by atoms with Crippen molar-refractivity contribution in [1.29, 1.82) is 0 Å². The lowest BCUT2D eigenvalue weighted by molar-refractivity contribution is 0.242. The first-order valence-electron chi connectivity index (χ1n) is 9.39. The molecule has 6 heteroatoms. The van der Waals surface area contributed by atoms with Gasteiger partial charge in [-0.3, -0.25) is 0 Å². The molecule has 0 bridgehead atoms. The molecule has 0 amide bonds. The minimum Gasteiger partial charge on any atom is -0.473 e. The van der Waals surface area contributed by atoms with Crippen molar-refractivity contribution in [2.75, 3.05) is 14.1 Å². The van der Waals surface area contributed by atoms with E-state index in [0.29, 0.717) is 11.5 Å². The van der Waals surface area contributed by atoms with Crippen molar-refractivity contribution in [2.45, 2.75) is 51.8 Å². The molecule has 1 aliphatic carbocycles. The Hall–Kier alpha value is -1.45. The maximum Gasteiger partial charge on any atom is 0.212 e. The summed E-state index contributed by atoms with van der Waals surface area (Å²) in [7, 11) is 6.57. The van der Waals surface area contributed by atoms with E-state index in [1.54, 1.807) is 6.07 Å². The number of aromatic nitrogens is 2. The number of halogens is 1. The van der Waals surface area contributed by atoms with E-state index in [2.05, 4.69) is 14.1 Å². The van der Waals surface area contributed by atoms with Gasteiger partial charge in [-0.1, -0.05) is 31.4 Å². The first kappa shape index (κ1) is 19.3. The number of benzene rings is 1. The van der Waals surface area contributed by atoms with E-state index in [0.717, 1.165) is 30.0 Å². The molecule has 1 aromatic heterocycles. The first-order chi connectivity index (χ1) is 12.5. The van der Waals surface area contributed by atoms with Crippen molar-refractivity contribution in [2.24, 2.45) is 5.92 Å². The standard InChI is InChI=1S/C20H29FN3OP/c1-23(2)13-17-10-20(24(22-17)12-15-6-4-3-5-7-15)25-14-16-8-9-18(26)11-19(16)21/h8-11,15H,3-7,12-14,26H2,1-2H3. The summed E-state index contributed by atoms with van der Waals surface area (Å²) in [5, 5.41) is 5.58. The largest absolute Gasteiger partial charge is 0.473 e. The molecule has 2 aromatic rings. The molecule has 0 saturated heterocycles. The predicted molar refractivity (Wildman–Crippen MR) is 106 cm³/mol. The zero-order valence-electron chi connectivity index (χ0n) is 15.7. The number of rotatable bonds is 7. The Morgan fingerprint density at radius 2 is 2.00 bits per heavy atom. The Bertz CT molecular complexity index is 726. The Morgan fingerprint density at radius 3 is 2.69 bits per heavy atom. The lowest BCUT2D eigenvalue weighted by atomic mass is 9.89. The van der Waals surface area contributed by atoms with Gasteiger partial charge >= 0.3 is 0 Å². The van der Waals surface area contributed by atoms with Crippen LogP contribution in [0, 0.1) is 11.7 Å². The molecule has 1 atom stereocenters. The van der Waals surface area contributed by atoms with Crippen LogP contribution in [-0.4, -0.2) is 28.8 Å². The van der Waals surface area contributed by atoms with Crippen LogP contribution in [0.4, 0.5) is 4.39 Å². The quantitative estimate of drug-likeness (QED) is 0.689. The summed E-state index contributed by atoms with van der Waals surface area (Å²) in [5.41, 5.74) is 1.55. The SMILES string of the molecule is CN(C)Cc1cc(OCc2ccc(P)cc2F)n(CC2CCCCC2)n1. The molecule has 3 rings (SSSR count). The van der Waals surface area contributed by atoms with Crippen LogP contribution in [-0.2, 0) is 19.7 Å². The van der Waals surface area contributed by atoms with Crippen LogP contribution >= 0.6 is 9.24 Å². The van der Waals surface area contributed by atoms with Gasteiger partial charge in [0.25, 0.3) is 0 Å². The molecule has 1 heterocycles. The van der Waals surface area contributed by atoms with Crippen LogP contribution in [0.3, 0.4) is 0 Å². The van der Waals surface area contributed by atoms with Crippen molar-refractivity contribution in [1.82, 2.24) is 14.7 Å². The summed E-state index contributed by atoms with van der Waals surface area (Å²) in [6.07, 6.45) is 6.47. The molecule has 1 aromatic carbocycles. The maximum atomic E-state index is 14.1. The summed E-state index contributed by atoms with van der Waals surface area (Å²) in [6, 6.07) is 7.16. The normalized spacial score (nSPS) is 15.6. The Kier molecular flexibility index (Phi) is 6.66. The van der Waals surface area contributed by atoms with E-state index in [1.807, 2.05) is 30.9 Å². The van der Waals surface area contributed by atoms with Gasteiger partial charge in [0.15, 0.2) is 0 Å². The van der Waals surface area contributed by atoms with E-state index < -0.39 is 0 Å². The highest BCUT2D eigenvalue weighted by Crippen LogP contribution is 2.27. The number of nitrogens with zero attached hydrogens (tertiary/aromatic N) is 3. The van der Waals surface area contributed by atoms with Crippen molar-refractivity contribution in [3.05, 3.63) is 41.3 Å². The van der Waals surface area contributed by atoms with Crippen molar-refractivity contribution >= 4 is 14.5 Å². The van der Waals surface area contributed by atoms with E-state index in [4.69, 9.17) is 9.84 Å². The molecule has 0 spiro atoms. The third-order valence-corrected chi connectivity index (χ3v) is 5.24. The van der Waals surface area contributed by atoms with Crippen LogP contribution < -0.4 is 10.0 Å². The molecule has 4 nitrogen and oxygen atoms in total. The molecule has 26 heavy (non-hydrogen) atoms. The van der Waals surface area contributed by atoms with E-state index in [9.17, 15) is 4.39 Å². The average Bonchev–Trinajstić information content (AvgIpc) is 2.95. The van der Waals surface area contributed by atoms with Gasteiger partial charge in [0.05, 0.1) is 5.69 Å². The zero-order chi connectivity index (χ0) is 18.5. The minimum atomic E-state index is -0.232. The maximum absolute atomic E-state index is 14.1. The van der Waals surface area contributed by atoms with Crippen LogP contribution in [0.15, 0.2) is 24.3 Å². The number of hydrogen-bond donors (Lipinski definition) is 0. The van der Waals surface area contributed by atoms with Gasteiger partial charge in [0, 0.05) is 24.7 Å². The lowest BCUT2D eigenvalue weighted by Gasteiger charge is -2.22. The average molecular weight is 377 g/mol. The van der Waals surface area contributed by atoms with Crippen LogP contribution in [0.1, 0.15) is 43.4 Å². The summed E-state index contributed by atoms with van der Waals surface area (Å²) < 4.78 is 22.0. The van der Waals surface area contributed by atoms with Gasteiger partial charge in [-0.25, -0.2) is 9.07 Å². The Balaban J connectivity index is 1.73. The van der Waals surface area contributed by atoms with Crippen molar-refractivity contribution < 1.29 is 9.13 Å². The van der Waals surface area contributed by atoms with E-state index in [1.165, 1.54) is 38.2 Å². The second kappa shape index (κ2) is 8.96. The highest BCUT2D eigenvalue weighted by Gasteiger charge is 2.18. The van der Waals surface area contributed by atoms with Crippen LogP contribution in [0.5, 0.6) is 5.88 Å². The molecule has 1 unspecified atom stereocenters. The molecule has 0 aliphatic heterocycles. The molecule has 1 fully saturated rings. The van der Waals surface area contributed by atoms with Gasteiger partial charge in [-0.05, 0) is 44.2 Å². The number of hydrogen-bond acceptors (Lipinski definition) is 3. The molecule has 0 N–H and O–H groups in total. The molecule has 0 radical (unpaired) electrons. The predicted octanol–water partition coefficient (Wildman–Crippen LogP) is 3.74. The summed E-state index contributed by atoms with van der Waals surface area (Å²) in [5.74, 6) is 1.16. The van der Waals surface area contributed by atoms with Gasteiger partial charge in [-0.2, -0.15) is 5.10 Å². The van der Waals surface area contributed by atoms with E-state index in [-0.39, 0.29) is 12.4 Å². The minimum absolute atomic E-state index is 0.217. The lowest BCUT2D eigenvalue weighted by Crippen LogP contribution is -2.17. The monoisotopic (exact) mass is 377 g/mol. The third-order valence-electron chi connectivity index (χ3n) is 4.88. The molecule has 142 valence electrons. The first-order valence-corrected chi connectivity index (χ1v) is 9.97. The van der Waals surface area contributed by atoms with Crippen LogP contribution in [0.25, 0.3) is 0 Å². The van der Waals surface area contributed by atoms with Crippen molar-refractivity contribution in [3.63, 3.8) is 0 Å². The zero-order valence-corrected chi connectivity index (χ0v) is 16.9. The highest BCUT2D eigenvalue weighted by atomic mass is 31.0. The van der Waals surface area contributed by atoms with E-state index >= 15 is 0 Å². The fraction of sp³-hybridized carbons (Fsp3) is 0.550. The number of ether oxygens (including phenoxy) is 1. The van der Waals surface area contributed by atoms with Gasteiger partial charge < -0.3 is 9.64 Å².